The minimum atomic E-state index is -4.50. The van der Waals surface area contributed by atoms with Crippen molar-refractivity contribution in [1.29, 1.82) is 0 Å². The second-order valence-electron chi connectivity index (χ2n) is 11.6. The van der Waals surface area contributed by atoms with Gasteiger partial charge in [0.05, 0.1) is 17.0 Å². The molecule has 0 radical (unpaired) electrons. The first-order chi connectivity index (χ1) is 18.9. The van der Waals surface area contributed by atoms with Crippen molar-refractivity contribution < 1.29 is 30.8 Å². The second-order valence-corrected chi connectivity index (χ2v) is 13.5. The lowest BCUT2D eigenvalue weighted by Gasteiger charge is -2.72. The van der Waals surface area contributed by atoms with E-state index in [0.29, 0.717) is 49.7 Å². The van der Waals surface area contributed by atoms with Gasteiger partial charge in [0, 0.05) is 24.0 Å². The van der Waals surface area contributed by atoms with Gasteiger partial charge in [0.25, 0.3) is 0 Å². The minimum Gasteiger partial charge on any atom is -0.360 e. The Labute approximate surface area is 230 Å². The summed E-state index contributed by atoms with van der Waals surface area (Å²) in [7, 11) is -4.10. The third-order valence-electron chi connectivity index (χ3n) is 8.89. The van der Waals surface area contributed by atoms with Crippen molar-refractivity contribution in [2.45, 2.75) is 67.7 Å². The largest absolute Gasteiger partial charge is 0.416 e. The summed E-state index contributed by atoms with van der Waals surface area (Å²) in [6.45, 7) is 0.866. The van der Waals surface area contributed by atoms with Gasteiger partial charge in [-0.15, -0.1) is 0 Å². The number of aliphatic imine (C=N–C) groups is 1. The number of amidine groups is 1. The average Bonchev–Trinajstić information content (AvgIpc) is 3.31. The number of hydrogen-bond acceptors (Lipinski definition) is 5. The first-order valence-electron chi connectivity index (χ1n) is 13.4. The Morgan fingerprint density at radius 2 is 1.70 bits per heavy atom. The summed E-state index contributed by atoms with van der Waals surface area (Å²) in [5.41, 5.74) is -1.51. The van der Waals surface area contributed by atoms with Crippen LogP contribution in [0, 0.1) is 17.2 Å². The molecule has 0 spiro atoms. The molecule has 40 heavy (non-hydrogen) atoms. The van der Waals surface area contributed by atoms with Crippen molar-refractivity contribution in [3.63, 3.8) is 0 Å². The summed E-state index contributed by atoms with van der Waals surface area (Å²) in [6.07, 6.45) is 0.395. The molecule has 12 heteroatoms. The van der Waals surface area contributed by atoms with E-state index in [1.165, 1.54) is 35.0 Å². The van der Waals surface area contributed by atoms with Crippen molar-refractivity contribution >= 4 is 21.8 Å². The summed E-state index contributed by atoms with van der Waals surface area (Å²) in [4.78, 5) is 17.1. The molecule has 4 saturated carbocycles. The van der Waals surface area contributed by atoms with Crippen molar-refractivity contribution in [2.24, 2.45) is 16.3 Å². The van der Waals surface area contributed by atoms with Crippen LogP contribution in [-0.4, -0.2) is 49.1 Å². The van der Waals surface area contributed by atoms with Gasteiger partial charge in [-0.2, -0.15) is 17.5 Å². The number of nitrogens with one attached hydrogen (secondary N) is 2. The number of sulfonamides is 1. The molecular weight excluding hydrogens is 548 g/mol. The zero-order chi connectivity index (χ0) is 28.3. The van der Waals surface area contributed by atoms with Crippen LogP contribution < -0.4 is 10.6 Å². The zero-order valence-corrected chi connectivity index (χ0v) is 22.5. The number of hydrogen-bond donors (Lipinski definition) is 2. The molecule has 5 aliphatic rings. The number of carbonyl (C=O) groups excluding carboxylic acids is 1. The first kappa shape index (κ1) is 27.2. The number of halogens is 4. The maximum atomic E-state index is 13.8. The Bertz CT molecular complexity index is 1420. The molecule has 1 amide bonds. The highest BCUT2D eigenvalue weighted by atomic mass is 32.2. The van der Waals surface area contributed by atoms with Gasteiger partial charge in [-0.25, -0.2) is 12.8 Å². The molecule has 2 N–H and O–H groups in total. The predicted molar refractivity (Wildman–Crippen MR) is 139 cm³/mol. The highest BCUT2D eigenvalue weighted by molar-refractivity contribution is 7.89. The summed E-state index contributed by atoms with van der Waals surface area (Å²) >= 11 is 0. The SMILES string of the molecule is O=C(NCC1CCC1)[C@H]1CN=C(C23CC(N(Cc4ccc(C(F)(F)F)cc4)S(=O)(=O)c4ccc(F)cc4)(C2)C3)N1. The quantitative estimate of drug-likeness (QED) is 0.436. The first-order valence-corrected chi connectivity index (χ1v) is 14.9. The van der Waals surface area contributed by atoms with Gasteiger partial charge in [-0.3, -0.25) is 9.79 Å². The third-order valence-corrected chi connectivity index (χ3v) is 10.9. The molecule has 1 heterocycles. The number of rotatable bonds is 9. The highest BCUT2D eigenvalue weighted by Crippen LogP contribution is 2.71. The molecule has 0 aromatic heterocycles. The Morgan fingerprint density at radius 1 is 1.05 bits per heavy atom. The Morgan fingerprint density at radius 3 is 2.27 bits per heavy atom. The summed E-state index contributed by atoms with van der Waals surface area (Å²) in [5, 5.41) is 6.25. The Hall–Kier alpha value is -2.99. The topological polar surface area (TPSA) is 90.9 Å². The van der Waals surface area contributed by atoms with E-state index < -0.39 is 39.2 Å². The minimum absolute atomic E-state index is 0.0842. The van der Waals surface area contributed by atoms with Crippen molar-refractivity contribution in [3.05, 3.63) is 65.5 Å². The zero-order valence-electron chi connectivity index (χ0n) is 21.7. The van der Waals surface area contributed by atoms with E-state index >= 15 is 0 Å². The molecule has 1 atom stereocenters. The van der Waals surface area contributed by atoms with E-state index in [9.17, 15) is 30.8 Å². The number of nitrogens with zero attached hydrogens (tertiary/aromatic N) is 2. The highest BCUT2D eigenvalue weighted by Gasteiger charge is 2.74. The van der Waals surface area contributed by atoms with Crippen LogP contribution in [-0.2, 0) is 27.5 Å². The molecular formula is C28H30F4N4O3S. The van der Waals surface area contributed by atoms with Gasteiger partial charge in [0.2, 0.25) is 15.9 Å². The molecule has 2 bridgehead atoms. The van der Waals surface area contributed by atoms with Crippen LogP contribution in [0.1, 0.15) is 49.7 Å². The monoisotopic (exact) mass is 578 g/mol. The van der Waals surface area contributed by atoms with E-state index in [1.54, 1.807) is 0 Å². The van der Waals surface area contributed by atoms with E-state index in [-0.39, 0.29) is 22.8 Å². The normalized spacial score (nSPS) is 27.7. The van der Waals surface area contributed by atoms with E-state index in [0.717, 1.165) is 37.1 Å². The molecule has 7 rings (SSSR count). The van der Waals surface area contributed by atoms with Crippen LogP contribution in [0.4, 0.5) is 17.6 Å². The Kier molecular flexibility index (Phi) is 6.49. The Balaban J connectivity index is 1.18. The maximum Gasteiger partial charge on any atom is 0.416 e. The van der Waals surface area contributed by atoms with Crippen molar-refractivity contribution in [2.75, 3.05) is 13.1 Å². The maximum absolute atomic E-state index is 13.8. The van der Waals surface area contributed by atoms with E-state index in [1.807, 2.05) is 0 Å². The molecule has 2 aromatic carbocycles. The molecule has 2 aromatic rings. The van der Waals surface area contributed by atoms with Crippen LogP contribution in [0.15, 0.2) is 58.4 Å². The van der Waals surface area contributed by atoms with E-state index in [2.05, 4.69) is 15.6 Å². The lowest BCUT2D eigenvalue weighted by Crippen LogP contribution is -2.78. The summed E-state index contributed by atoms with van der Waals surface area (Å²) < 4.78 is 81.7. The van der Waals surface area contributed by atoms with Crippen LogP contribution >= 0.6 is 0 Å². The molecule has 4 aliphatic carbocycles. The van der Waals surface area contributed by atoms with Crippen LogP contribution in [0.3, 0.4) is 0 Å². The van der Waals surface area contributed by atoms with Crippen molar-refractivity contribution in [3.8, 4) is 0 Å². The van der Waals surface area contributed by atoms with Gasteiger partial charge >= 0.3 is 6.18 Å². The van der Waals surface area contributed by atoms with Crippen LogP contribution in [0.2, 0.25) is 0 Å². The average molecular weight is 579 g/mol. The molecule has 1 aliphatic heterocycles. The molecule has 4 fully saturated rings. The number of alkyl halides is 3. The summed E-state index contributed by atoms with van der Waals surface area (Å²) in [6, 6.07) is 8.52. The van der Waals surface area contributed by atoms with Crippen LogP contribution in [0.25, 0.3) is 0 Å². The second kappa shape index (κ2) is 9.54. The standard InChI is InChI=1S/C28H30F4N4O3S/c29-21-8-10-22(11-9-21)40(38,39)36(14-19-4-6-20(7-5-19)28(30,31)32)27-15-26(16-27,17-27)25-34-13-23(35-25)24(37)33-12-18-2-1-3-18/h4-11,18,23H,1-3,12-17H2,(H,33,37)(H,34,35)/t23-,26?,27?/m1/s1. The molecule has 7 nitrogen and oxygen atoms in total. The molecule has 214 valence electrons. The van der Waals surface area contributed by atoms with Crippen LogP contribution in [0.5, 0.6) is 0 Å². The predicted octanol–water partition coefficient (Wildman–Crippen LogP) is 4.24. The number of benzene rings is 2. The van der Waals surface area contributed by atoms with Gasteiger partial charge in [0.15, 0.2) is 0 Å². The third kappa shape index (κ3) is 4.68. The van der Waals surface area contributed by atoms with Gasteiger partial charge in [0.1, 0.15) is 17.7 Å². The van der Waals surface area contributed by atoms with Gasteiger partial charge in [-0.05, 0) is 80.0 Å². The fraction of sp³-hybridized carbons (Fsp3) is 0.500. The summed E-state index contributed by atoms with van der Waals surface area (Å²) in [5.74, 6) is 0.595. The smallest absolute Gasteiger partial charge is 0.360 e. The van der Waals surface area contributed by atoms with Gasteiger partial charge < -0.3 is 10.6 Å². The van der Waals surface area contributed by atoms with Crippen molar-refractivity contribution in [1.82, 2.24) is 14.9 Å². The molecule has 0 saturated heterocycles. The van der Waals surface area contributed by atoms with Gasteiger partial charge in [-0.1, -0.05) is 18.6 Å². The number of amides is 1. The lowest BCUT2D eigenvalue weighted by atomic mass is 9.38. The fourth-order valence-corrected chi connectivity index (χ4v) is 8.19. The lowest BCUT2D eigenvalue weighted by molar-refractivity contribution is -0.151. The fourth-order valence-electron chi connectivity index (χ4n) is 6.43. The number of carbonyl (C=O) groups is 1. The molecule has 0 unspecified atom stereocenters. The van der Waals surface area contributed by atoms with E-state index in [4.69, 9.17) is 0 Å².